The molecule has 2 fully saturated rings. The van der Waals surface area contributed by atoms with Crippen LogP contribution in [0, 0.1) is 13.8 Å². The van der Waals surface area contributed by atoms with Gasteiger partial charge in [0.25, 0.3) is 0 Å². The van der Waals surface area contributed by atoms with Crippen LogP contribution in [0.2, 0.25) is 0 Å². The SMILES string of the molecule is Cc1nn(C)c(C)c1CN(C(=O)C[C@]1(c2ccccc2)CC(=O)N(Cc2ccncc2)C1=O)C1CC1. The number of aromatic nitrogens is 3. The lowest BCUT2D eigenvalue weighted by molar-refractivity contribution is -0.143. The number of nitrogens with zero attached hydrogens (tertiary/aromatic N) is 5. The Morgan fingerprint density at radius 2 is 1.78 bits per heavy atom. The number of rotatable bonds is 8. The molecule has 1 atom stereocenters. The van der Waals surface area contributed by atoms with E-state index in [-0.39, 0.29) is 43.1 Å². The van der Waals surface area contributed by atoms with E-state index < -0.39 is 5.41 Å². The zero-order valence-corrected chi connectivity index (χ0v) is 21.0. The topological polar surface area (TPSA) is 88.4 Å². The second-order valence-electron chi connectivity index (χ2n) is 9.97. The van der Waals surface area contributed by atoms with Crippen molar-refractivity contribution < 1.29 is 14.4 Å². The van der Waals surface area contributed by atoms with Gasteiger partial charge in [0.05, 0.1) is 17.7 Å². The molecule has 0 N–H and O–H groups in total. The van der Waals surface area contributed by atoms with Crippen molar-refractivity contribution in [2.75, 3.05) is 0 Å². The zero-order chi connectivity index (χ0) is 25.4. The van der Waals surface area contributed by atoms with E-state index in [2.05, 4.69) is 10.1 Å². The fourth-order valence-electron chi connectivity index (χ4n) is 5.24. The van der Waals surface area contributed by atoms with E-state index in [4.69, 9.17) is 0 Å². The molecule has 8 nitrogen and oxygen atoms in total. The molecule has 5 rings (SSSR count). The molecule has 0 unspecified atom stereocenters. The molecule has 0 bridgehead atoms. The van der Waals surface area contributed by atoms with Gasteiger partial charge in [0.15, 0.2) is 0 Å². The summed E-state index contributed by atoms with van der Waals surface area (Å²) in [5.41, 5.74) is 3.29. The molecular weight excluding hydrogens is 454 g/mol. The van der Waals surface area contributed by atoms with Crippen LogP contribution in [-0.4, -0.2) is 48.3 Å². The van der Waals surface area contributed by atoms with Gasteiger partial charge in [0.2, 0.25) is 17.7 Å². The van der Waals surface area contributed by atoms with Crippen LogP contribution in [0.25, 0.3) is 0 Å². The Morgan fingerprint density at radius 1 is 1.08 bits per heavy atom. The second kappa shape index (κ2) is 9.33. The molecule has 1 aliphatic heterocycles. The Kier molecular flexibility index (Phi) is 6.20. The summed E-state index contributed by atoms with van der Waals surface area (Å²) < 4.78 is 1.84. The van der Waals surface area contributed by atoms with Gasteiger partial charge in [-0.2, -0.15) is 5.10 Å². The summed E-state index contributed by atoms with van der Waals surface area (Å²) in [5, 5.41) is 4.51. The minimum atomic E-state index is -1.21. The lowest BCUT2D eigenvalue weighted by Gasteiger charge is -2.31. The summed E-state index contributed by atoms with van der Waals surface area (Å²) in [7, 11) is 1.90. The predicted molar refractivity (Wildman–Crippen MR) is 133 cm³/mol. The third-order valence-electron chi connectivity index (χ3n) is 7.57. The van der Waals surface area contributed by atoms with Crippen LogP contribution >= 0.6 is 0 Å². The number of imide groups is 1. The summed E-state index contributed by atoms with van der Waals surface area (Å²) in [6.07, 6.45) is 5.13. The zero-order valence-electron chi connectivity index (χ0n) is 21.0. The van der Waals surface area contributed by atoms with Crippen LogP contribution in [0.15, 0.2) is 54.9 Å². The van der Waals surface area contributed by atoms with E-state index in [1.807, 2.05) is 60.8 Å². The summed E-state index contributed by atoms with van der Waals surface area (Å²) in [6.45, 7) is 4.60. The summed E-state index contributed by atoms with van der Waals surface area (Å²) in [4.78, 5) is 48.3. The fourth-order valence-corrected chi connectivity index (χ4v) is 5.24. The van der Waals surface area contributed by atoms with Gasteiger partial charge in [0.1, 0.15) is 0 Å². The van der Waals surface area contributed by atoms with Crippen molar-refractivity contribution in [2.45, 2.75) is 64.1 Å². The van der Waals surface area contributed by atoms with Gasteiger partial charge in [-0.3, -0.25) is 28.9 Å². The van der Waals surface area contributed by atoms with E-state index in [9.17, 15) is 14.4 Å². The molecule has 0 radical (unpaired) electrons. The Bertz CT molecular complexity index is 1300. The van der Waals surface area contributed by atoms with Crippen molar-refractivity contribution in [3.63, 3.8) is 0 Å². The maximum Gasteiger partial charge on any atom is 0.241 e. The second-order valence-corrected chi connectivity index (χ2v) is 9.97. The highest BCUT2D eigenvalue weighted by atomic mass is 16.2. The van der Waals surface area contributed by atoms with E-state index in [0.29, 0.717) is 12.1 Å². The van der Waals surface area contributed by atoms with E-state index >= 15 is 0 Å². The predicted octanol–water partition coefficient (Wildman–Crippen LogP) is 3.21. The van der Waals surface area contributed by atoms with Gasteiger partial charge in [-0.1, -0.05) is 30.3 Å². The van der Waals surface area contributed by atoms with Crippen molar-refractivity contribution in [3.05, 3.63) is 82.9 Å². The van der Waals surface area contributed by atoms with Gasteiger partial charge in [0, 0.05) is 56.1 Å². The highest BCUT2D eigenvalue weighted by Gasteiger charge is 2.54. The quantitative estimate of drug-likeness (QED) is 0.457. The van der Waals surface area contributed by atoms with Crippen molar-refractivity contribution >= 4 is 17.7 Å². The molecule has 1 saturated heterocycles. The highest BCUT2D eigenvalue weighted by molar-refractivity contribution is 6.10. The minimum Gasteiger partial charge on any atom is -0.335 e. The first-order valence-corrected chi connectivity index (χ1v) is 12.4. The van der Waals surface area contributed by atoms with Crippen molar-refractivity contribution in [1.82, 2.24) is 24.6 Å². The third-order valence-corrected chi connectivity index (χ3v) is 7.57. The number of aryl methyl sites for hydroxylation is 2. The average Bonchev–Trinajstić information content (AvgIpc) is 3.65. The molecule has 3 aromatic rings. The Labute approximate surface area is 210 Å². The molecule has 8 heteroatoms. The van der Waals surface area contributed by atoms with E-state index in [1.165, 1.54) is 4.90 Å². The van der Waals surface area contributed by atoms with Crippen LogP contribution in [0.5, 0.6) is 0 Å². The molecule has 3 heterocycles. The number of carbonyl (C=O) groups excluding carboxylic acids is 3. The summed E-state index contributed by atoms with van der Waals surface area (Å²) in [5.74, 6) is -0.672. The Balaban J connectivity index is 1.46. The highest BCUT2D eigenvalue weighted by Crippen LogP contribution is 2.42. The first kappa shape index (κ1) is 23.9. The normalized spacial score (nSPS) is 19.7. The lowest BCUT2D eigenvalue weighted by Crippen LogP contribution is -2.44. The van der Waals surface area contributed by atoms with Crippen LogP contribution < -0.4 is 0 Å². The monoisotopic (exact) mass is 485 g/mol. The number of hydrogen-bond donors (Lipinski definition) is 0. The van der Waals surface area contributed by atoms with Crippen LogP contribution in [0.4, 0.5) is 0 Å². The van der Waals surface area contributed by atoms with Crippen LogP contribution in [-0.2, 0) is 39.9 Å². The summed E-state index contributed by atoms with van der Waals surface area (Å²) >= 11 is 0. The Morgan fingerprint density at radius 3 is 2.39 bits per heavy atom. The maximum absolute atomic E-state index is 14.0. The van der Waals surface area contributed by atoms with E-state index in [1.54, 1.807) is 24.5 Å². The molecule has 36 heavy (non-hydrogen) atoms. The number of amides is 3. The minimum absolute atomic E-state index is 0.0177. The number of likely N-dealkylation sites (tertiary alicyclic amines) is 1. The van der Waals surface area contributed by atoms with E-state index in [0.717, 1.165) is 35.4 Å². The first-order valence-electron chi connectivity index (χ1n) is 12.4. The molecule has 2 aromatic heterocycles. The number of pyridine rings is 1. The van der Waals surface area contributed by atoms with Crippen molar-refractivity contribution in [2.24, 2.45) is 7.05 Å². The molecule has 1 aliphatic carbocycles. The summed E-state index contributed by atoms with van der Waals surface area (Å²) in [6, 6.07) is 13.0. The standard InChI is InChI=1S/C28H31N5O3/c1-19-24(20(2)31(3)30-19)18-32(23-9-10-23)25(34)15-28(22-7-5-4-6-8-22)16-26(35)33(27(28)36)17-21-11-13-29-14-12-21/h4-8,11-14,23H,9-10,15-18H2,1-3H3/t28-/m1/s1. The van der Waals surface area contributed by atoms with Gasteiger partial charge < -0.3 is 4.90 Å². The maximum atomic E-state index is 14.0. The molecular formula is C28H31N5O3. The van der Waals surface area contributed by atoms with Gasteiger partial charge in [-0.05, 0) is 49.9 Å². The van der Waals surface area contributed by atoms with Gasteiger partial charge in [-0.25, -0.2) is 0 Å². The molecule has 186 valence electrons. The number of hydrogen-bond acceptors (Lipinski definition) is 5. The smallest absolute Gasteiger partial charge is 0.241 e. The molecule has 1 saturated carbocycles. The first-order chi connectivity index (χ1) is 17.3. The van der Waals surface area contributed by atoms with Crippen molar-refractivity contribution in [1.29, 1.82) is 0 Å². The molecule has 1 aromatic carbocycles. The fraction of sp³-hybridized carbons (Fsp3) is 0.393. The number of carbonyl (C=O) groups is 3. The van der Waals surface area contributed by atoms with Crippen LogP contribution in [0.1, 0.15) is 53.8 Å². The largest absolute Gasteiger partial charge is 0.335 e. The molecule has 2 aliphatic rings. The van der Waals surface area contributed by atoms with Crippen LogP contribution in [0.3, 0.4) is 0 Å². The average molecular weight is 486 g/mol. The van der Waals surface area contributed by atoms with Crippen molar-refractivity contribution in [3.8, 4) is 0 Å². The molecule has 0 spiro atoms. The lowest BCUT2D eigenvalue weighted by atomic mass is 9.75. The Hall–Kier alpha value is -3.81. The van der Waals surface area contributed by atoms with Gasteiger partial charge in [-0.15, -0.1) is 0 Å². The third kappa shape index (κ3) is 4.32. The van der Waals surface area contributed by atoms with Gasteiger partial charge >= 0.3 is 0 Å². The number of benzene rings is 1. The molecule has 3 amide bonds.